The van der Waals surface area contributed by atoms with E-state index < -0.39 is 5.41 Å². The molecule has 0 atom stereocenters. The lowest BCUT2D eigenvalue weighted by Gasteiger charge is -2.38. The van der Waals surface area contributed by atoms with Crippen molar-refractivity contribution < 1.29 is 10.0 Å². The van der Waals surface area contributed by atoms with Gasteiger partial charge in [-0.2, -0.15) is 0 Å². The Morgan fingerprint density at radius 1 is 1.40 bits per heavy atom. The van der Waals surface area contributed by atoms with E-state index in [1.807, 2.05) is 19.1 Å². The molecular weight excluding hydrogens is 390 g/mol. The number of oxime groups is 1. The van der Waals surface area contributed by atoms with Crippen molar-refractivity contribution in [1.82, 2.24) is 0 Å². The molecule has 7 heteroatoms. The third-order valence-electron chi connectivity index (χ3n) is 3.66. The van der Waals surface area contributed by atoms with Gasteiger partial charge in [0.05, 0.1) is 5.69 Å². The van der Waals surface area contributed by atoms with Gasteiger partial charge in [-0.05, 0) is 69.3 Å². The van der Waals surface area contributed by atoms with Gasteiger partial charge in [0.15, 0.2) is 5.84 Å². The van der Waals surface area contributed by atoms with Crippen LogP contribution in [0.1, 0.15) is 24.8 Å². The highest BCUT2D eigenvalue weighted by Gasteiger charge is 2.48. The maximum atomic E-state index is 12.5. The summed E-state index contributed by atoms with van der Waals surface area (Å²) in [6, 6.07) is 3.83. The molecule has 0 saturated heterocycles. The quantitative estimate of drug-likeness (QED) is 0.312. The molecule has 0 aromatic heterocycles. The van der Waals surface area contributed by atoms with Gasteiger partial charge in [-0.25, -0.2) is 0 Å². The monoisotopic (exact) mass is 403 g/mol. The fourth-order valence-corrected chi connectivity index (χ4v) is 3.89. The van der Waals surface area contributed by atoms with Crippen molar-refractivity contribution in [3.63, 3.8) is 0 Å². The molecule has 1 amide bonds. The maximum absolute atomic E-state index is 12.5. The summed E-state index contributed by atoms with van der Waals surface area (Å²) in [5, 5.41) is 14.7. The van der Waals surface area contributed by atoms with Gasteiger partial charge < -0.3 is 16.3 Å². The van der Waals surface area contributed by atoms with Crippen molar-refractivity contribution in [1.29, 1.82) is 0 Å². The lowest BCUT2D eigenvalue weighted by molar-refractivity contribution is -0.125. The molecule has 5 nitrogen and oxygen atoms in total. The van der Waals surface area contributed by atoms with Gasteiger partial charge in [0.1, 0.15) is 5.41 Å². The largest absolute Gasteiger partial charge is 0.409 e. The van der Waals surface area contributed by atoms with Crippen LogP contribution in [0.15, 0.2) is 26.2 Å². The van der Waals surface area contributed by atoms with E-state index in [1.165, 1.54) is 0 Å². The highest BCUT2D eigenvalue weighted by Crippen LogP contribution is 2.43. The Bertz CT molecular complexity index is 560. The van der Waals surface area contributed by atoms with Crippen molar-refractivity contribution in [3.05, 3.63) is 26.6 Å². The van der Waals surface area contributed by atoms with E-state index in [4.69, 9.17) is 10.9 Å². The van der Waals surface area contributed by atoms with Crippen molar-refractivity contribution in [2.75, 3.05) is 5.32 Å². The van der Waals surface area contributed by atoms with E-state index in [0.717, 1.165) is 20.9 Å². The topological polar surface area (TPSA) is 87.7 Å². The number of amidine groups is 1. The van der Waals surface area contributed by atoms with Crippen LogP contribution in [0.2, 0.25) is 0 Å². The molecule has 0 unspecified atom stereocenters. The molecular formula is C13H15Br2N3O2. The Balaban J connectivity index is 2.29. The van der Waals surface area contributed by atoms with Crippen LogP contribution in [0.5, 0.6) is 0 Å². The van der Waals surface area contributed by atoms with E-state index in [0.29, 0.717) is 18.5 Å². The summed E-state index contributed by atoms with van der Waals surface area (Å²) in [5.41, 5.74) is 6.51. The Hall–Kier alpha value is -1.08. The van der Waals surface area contributed by atoms with Gasteiger partial charge in [-0.1, -0.05) is 11.6 Å². The number of anilines is 1. The number of nitrogens with zero attached hydrogens (tertiary/aromatic N) is 1. The molecule has 0 bridgehead atoms. The Labute approximate surface area is 133 Å². The second kappa shape index (κ2) is 5.73. The third kappa shape index (κ3) is 2.56. The molecule has 1 aliphatic rings. The molecule has 1 fully saturated rings. The Morgan fingerprint density at radius 3 is 2.35 bits per heavy atom. The predicted octanol–water partition coefficient (Wildman–Crippen LogP) is 3.38. The lowest BCUT2D eigenvalue weighted by Crippen LogP contribution is -2.51. The van der Waals surface area contributed by atoms with Crippen LogP contribution in [0, 0.1) is 12.3 Å². The van der Waals surface area contributed by atoms with Crippen molar-refractivity contribution >= 4 is 49.3 Å². The van der Waals surface area contributed by atoms with Crippen LogP contribution in [0.3, 0.4) is 0 Å². The number of amides is 1. The van der Waals surface area contributed by atoms with Crippen LogP contribution in [-0.2, 0) is 4.79 Å². The number of aryl methyl sites for hydroxylation is 1. The van der Waals surface area contributed by atoms with Crippen molar-refractivity contribution in [2.45, 2.75) is 26.2 Å². The minimum absolute atomic E-state index is 0.0272. The first-order valence-electron chi connectivity index (χ1n) is 6.16. The smallest absolute Gasteiger partial charge is 0.238 e. The minimum atomic E-state index is -0.890. The van der Waals surface area contributed by atoms with Gasteiger partial charge in [-0.15, -0.1) is 0 Å². The molecule has 0 aliphatic heterocycles. The summed E-state index contributed by atoms with van der Waals surface area (Å²) >= 11 is 6.86. The molecule has 0 heterocycles. The number of carbonyl (C=O) groups excluding carboxylic acids is 1. The lowest BCUT2D eigenvalue weighted by atomic mass is 9.67. The highest BCUT2D eigenvalue weighted by molar-refractivity contribution is 9.11. The Morgan fingerprint density at radius 2 is 1.95 bits per heavy atom. The van der Waals surface area contributed by atoms with E-state index in [2.05, 4.69) is 42.3 Å². The molecule has 1 saturated carbocycles. The van der Waals surface area contributed by atoms with E-state index in [-0.39, 0.29) is 11.7 Å². The second-order valence-corrected chi connectivity index (χ2v) is 6.69. The predicted molar refractivity (Wildman–Crippen MR) is 84.9 cm³/mol. The first-order valence-corrected chi connectivity index (χ1v) is 7.74. The molecule has 108 valence electrons. The summed E-state index contributed by atoms with van der Waals surface area (Å²) in [7, 11) is 0. The third-order valence-corrected chi connectivity index (χ3v) is 4.92. The summed E-state index contributed by atoms with van der Waals surface area (Å²) in [4.78, 5) is 12.5. The number of halogens is 2. The van der Waals surface area contributed by atoms with Crippen LogP contribution in [-0.4, -0.2) is 17.0 Å². The van der Waals surface area contributed by atoms with Gasteiger partial charge in [0.25, 0.3) is 0 Å². The van der Waals surface area contributed by atoms with Crippen LogP contribution >= 0.6 is 31.9 Å². The number of nitrogens with one attached hydrogen (secondary N) is 1. The summed E-state index contributed by atoms with van der Waals surface area (Å²) < 4.78 is 1.57. The fraction of sp³-hybridized carbons (Fsp3) is 0.385. The van der Waals surface area contributed by atoms with Gasteiger partial charge in [0, 0.05) is 8.95 Å². The molecule has 0 spiro atoms. The number of hydrogen-bond acceptors (Lipinski definition) is 3. The summed E-state index contributed by atoms with van der Waals surface area (Å²) in [5.74, 6) is -0.273. The van der Waals surface area contributed by atoms with Crippen LogP contribution < -0.4 is 11.1 Å². The average molecular weight is 405 g/mol. The summed E-state index contributed by atoms with van der Waals surface area (Å²) in [6.45, 7) is 1.96. The average Bonchev–Trinajstić information content (AvgIpc) is 2.32. The standard InChI is InChI=1S/C13H15Br2N3O2/c1-7-5-8(14)10(9(15)6-7)17-12(19)13(3-2-4-13)11(16)18-20/h5-6,20H,2-4H2,1H3,(H2,16,18)(H,17,19). The zero-order valence-corrected chi connectivity index (χ0v) is 14.1. The van der Waals surface area contributed by atoms with Crippen LogP contribution in [0.25, 0.3) is 0 Å². The molecule has 2 rings (SSSR count). The van der Waals surface area contributed by atoms with Gasteiger partial charge >= 0.3 is 0 Å². The first-order chi connectivity index (χ1) is 9.40. The number of hydrogen-bond donors (Lipinski definition) is 3. The highest BCUT2D eigenvalue weighted by atomic mass is 79.9. The van der Waals surface area contributed by atoms with E-state index in [1.54, 1.807) is 0 Å². The number of rotatable bonds is 3. The number of carbonyl (C=O) groups is 1. The Kier molecular flexibility index (Phi) is 4.39. The minimum Gasteiger partial charge on any atom is -0.409 e. The SMILES string of the molecule is Cc1cc(Br)c(NC(=O)C2(/C(N)=N/O)CCC2)c(Br)c1. The second-order valence-electron chi connectivity index (χ2n) is 4.98. The maximum Gasteiger partial charge on any atom is 0.238 e. The summed E-state index contributed by atoms with van der Waals surface area (Å²) in [6.07, 6.45) is 2.07. The van der Waals surface area contributed by atoms with Crippen molar-refractivity contribution in [3.8, 4) is 0 Å². The normalized spacial score (nSPS) is 17.4. The fourth-order valence-electron chi connectivity index (χ4n) is 2.28. The van der Waals surface area contributed by atoms with Gasteiger partial charge in [-0.3, -0.25) is 4.79 Å². The van der Waals surface area contributed by atoms with Crippen LogP contribution in [0.4, 0.5) is 5.69 Å². The zero-order valence-electron chi connectivity index (χ0n) is 10.9. The molecule has 1 aromatic rings. The molecule has 0 radical (unpaired) electrons. The number of benzene rings is 1. The number of nitrogens with two attached hydrogens (primary N) is 1. The molecule has 4 N–H and O–H groups in total. The van der Waals surface area contributed by atoms with Gasteiger partial charge in [0.2, 0.25) is 5.91 Å². The molecule has 1 aromatic carbocycles. The van der Waals surface area contributed by atoms with E-state index >= 15 is 0 Å². The zero-order chi connectivity index (χ0) is 14.9. The van der Waals surface area contributed by atoms with E-state index in [9.17, 15) is 4.79 Å². The van der Waals surface area contributed by atoms with Crippen molar-refractivity contribution in [2.24, 2.45) is 16.3 Å². The first kappa shape index (κ1) is 15.3. The molecule has 1 aliphatic carbocycles. The molecule has 20 heavy (non-hydrogen) atoms.